The van der Waals surface area contributed by atoms with Gasteiger partial charge in [0.25, 0.3) is 0 Å². The molecule has 0 aromatic rings. The van der Waals surface area contributed by atoms with E-state index in [1.165, 1.54) is 0 Å². The highest BCUT2D eigenvalue weighted by molar-refractivity contribution is 5.81. The van der Waals surface area contributed by atoms with E-state index in [1.807, 2.05) is 0 Å². The molecule has 4 N–H and O–H groups in total. The fourth-order valence-electron chi connectivity index (χ4n) is 2.48. The van der Waals surface area contributed by atoms with Crippen LogP contribution in [-0.4, -0.2) is 43.4 Å². The maximum Gasteiger partial charge on any atom is 0.237 e. The minimum absolute atomic E-state index is 0.0877. The zero-order valence-corrected chi connectivity index (χ0v) is 11.2. The normalized spacial score (nSPS) is 25.7. The SMILES string of the molecule is COCCCC(N)C(=O)NC1CCCCC1CO. The van der Waals surface area contributed by atoms with Gasteiger partial charge in [-0.2, -0.15) is 0 Å². The molecule has 1 saturated carbocycles. The number of rotatable bonds is 7. The van der Waals surface area contributed by atoms with Gasteiger partial charge in [0.1, 0.15) is 0 Å². The van der Waals surface area contributed by atoms with E-state index in [-0.39, 0.29) is 24.5 Å². The Bertz CT molecular complexity index is 248. The Morgan fingerprint density at radius 2 is 2.22 bits per heavy atom. The third-order valence-corrected chi connectivity index (χ3v) is 3.67. The average Bonchev–Trinajstić information content (AvgIpc) is 2.39. The van der Waals surface area contributed by atoms with Gasteiger partial charge in [0.15, 0.2) is 0 Å². The molecule has 1 amide bonds. The van der Waals surface area contributed by atoms with Crippen LogP contribution in [0.1, 0.15) is 38.5 Å². The molecular weight excluding hydrogens is 232 g/mol. The van der Waals surface area contributed by atoms with E-state index < -0.39 is 6.04 Å². The van der Waals surface area contributed by atoms with Crippen molar-refractivity contribution < 1.29 is 14.6 Å². The third-order valence-electron chi connectivity index (χ3n) is 3.67. The number of hydrogen-bond donors (Lipinski definition) is 3. The minimum Gasteiger partial charge on any atom is -0.396 e. The predicted molar refractivity (Wildman–Crippen MR) is 70.1 cm³/mol. The van der Waals surface area contributed by atoms with Gasteiger partial charge in [-0.25, -0.2) is 0 Å². The Hall–Kier alpha value is -0.650. The van der Waals surface area contributed by atoms with Crippen LogP contribution in [-0.2, 0) is 9.53 Å². The number of ether oxygens (including phenoxy) is 1. The van der Waals surface area contributed by atoms with Crippen LogP contribution < -0.4 is 11.1 Å². The Morgan fingerprint density at radius 3 is 2.89 bits per heavy atom. The molecule has 106 valence electrons. The highest BCUT2D eigenvalue weighted by atomic mass is 16.5. The summed E-state index contributed by atoms with van der Waals surface area (Å²) in [6.07, 6.45) is 5.61. The molecule has 1 rings (SSSR count). The lowest BCUT2D eigenvalue weighted by molar-refractivity contribution is -0.124. The summed E-state index contributed by atoms with van der Waals surface area (Å²) in [5, 5.41) is 12.3. The van der Waals surface area contributed by atoms with Crippen LogP contribution in [0.3, 0.4) is 0 Å². The Kier molecular flexibility index (Phi) is 7.23. The topological polar surface area (TPSA) is 84.6 Å². The molecule has 18 heavy (non-hydrogen) atoms. The van der Waals surface area contributed by atoms with Crippen molar-refractivity contribution in [3.8, 4) is 0 Å². The van der Waals surface area contributed by atoms with Crippen molar-refractivity contribution in [1.29, 1.82) is 0 Å². The van der Waals surface area contributed by atoms with Crippen molar-refractivity contribution in [2.75, 3.05) is 20.3 Å². The number of carbonyl (C=O) groups excluding carboxylic acids is 1. The molecule has 5 heteroatoms. The van der Waals surface area contributed by atoms with Crippen LogP contribution in [0.5, 0.6) is 0 Å². The number of aliphatic hydroxyl groups is 1. The van der Waals surface area contributed by atoms with Crippen LogP contribution in [0.4, 0.5) is 0 Å². The van der Waals surface area contributed by atoms with Crippen molar-refractivity contribution in [3.05, 3.63) is 0 Å². The smallest absolute Gasteiger partial charge is 0.237 e. The number of nitrogens with one attached hydrogen (secondary N) is 1. The number of carbonyl (C=O) groups is 1. The molecule has 3 unspecified atom stereocenters. The summed E-state index contributed by atoms with van der Waals surface area (Å²) < 4.78 is 4.94. The lowest BCUT2D eigenvalue weighted by atomic mass is 9.85. The van der Waals surface area contributed by atoms with Crippen LogP contribution in [0.15, 0.2) is 0 Å². The zero-order chi connectivity index (χ0) is 13.4. The van der Waals surface area contributed by atoms with Crippen LogP contribution in [0.2, 0.25) is 0 Å². The van der Waals surface area contributed by atoms with Crippen molar-refractivity contribution in [2.24, 2.45) is 11.7 Å². The zero-order valence-electron chi connectivity index (χ0n) is 11.2. The van der Waals surface area contributed by atoms with Crippen molar-refractivity contribution in [3.63, 3.8) is 0 Å². The third kappa shape index (κ3) is 4.92. The van der Waals surface area contributed by atoms with Crippen molar-refractivity contribution >= 4 is 5.91 Å². The van der Waals surface area contributed by atoms with Gasteiger partial charge in [-0.3, -0.25) is 4.79 Å². The molecule has 0 bridgehead atoms. The number of aliphatic hydroxyl groups excluding tert-OH is 1. The van der Waals surface area contributed by atoms with Gasteiger partial charge >= 0.3 is 0 Å². The van der Waals surface area contributed by atoms with Crippen LogP contribution in [0, 0.1) is 5.92 Å². The molecule has 1 fully saturated rings. The van der Waals surface area contributed by atoms with Crippen LogP contribution in [0.25, 0.3) is 0 Å². The molecule has 0 heterocycles. The van der Waals surface area contributed by atoms with E-state index in [0.29, 0.717) is 13.0 Å². The lowest BCUT2D eigenvalue weighted by Crippen LogP contribution is -2.49. The maximum atomic E-state index is 11.9. The first-order valence-corrected chi connectivity index (χ1v) is 6.84. The molecule has 0 aliphatic heterocycles. The van der Waals surface area contributed by atoms with Crippen molar-refractivity contribution in [2.45, 2.75) is 50.6 Å². The summed E-state index contributed by atoms with van der Waals surface area (Å²) in [6.45, 7) is 0.771. The molecule has 3 atom stereocenters. The lowest BCUT2D eigenvalue weighted by Gasteiger charge is -2.31. The predicted octanol–water partition coefficient (Wildman–Crippen LogP) is 0.408. The van der Waals surface area contributed by atoms with E-state index in [2.05, 4.69) is 5.32 Å². The Balaban J connectivity index is 2.32. The van der Waals surface area contributed by atoms with E-state index >= 15 is 0 Å². The summed E-state index contributed by atoms with van der Waals surface area (Å²) in [4.78, 5) is 11.9. The highest BCUT2D eigenvalue weighted by Gasteiger charge is 2.27. The summed E-state index contributed by atoms with van der Waals surface area (Å²) in [5.74, 6) is 0.0883. The highest BCUT2D eigenvalue weighted by Crippen LogP contribution is 2.23. The van der Waals surface area contributed by atoms with Gasteiger partial charge in [-0.15, -0.1) is 0 Å². The summed E-state index contributed by atoms with van der Waals surface area (Å²) in [7, 11) is 1.64. The Labute approximate surface area is 109 Å². The number of amides is 1. The molecule has 0 aromatic heterocycles. The number of methoxy groups -OCH3 is 1. The second kappa shape index (κ2) is 8.45. The first-order chi connectivity index (χ1) is 8.69. The molecule has 5 nitrogen and oxygen atoms in total. The van der Waals surface area contributed by atoms with Gasteiger partial charge in [0.2, 0.25) is 5.91 Å². The van der Waals surface area contributed by atoms with Crippen LogP contribution >= 0.6 is 0 Å². The molecule has 1 aliphatic carbocycles. The van der Waals surface area contributed by atoms with E-state index in [0.717, 1.165) is 32.1 Å². The summed E-state index contributed by atoms with van der Waals surface area (Å²) >= 11 is 0. The molecule has 0 spiro atoms. The van der Waals surface area contributed by atoms with Gasteiger partial charge in [0, 0.05) is 32.3 Å². The van der Waals surface area contributed by atoms with E-state index in [1.54, 1.807) is 7.11 Å². The van der Waals surface area contributed by atoms with Gasteiger partial charge in [-0.05, 0) is 25.7 Å². The number of nitrogens with two attached hydrogens (primary N) is 1. The molecular formula is C13H26N2O3. The Morgan fingerprint density at radius 1 is 1.50 bits per heavy atom. The summed E-state index contributed by atoms with van der Waals surface area (Å²) in [5.41, 5.74) is 5.83. The first kappa shape index (κ1) is 15.4. The van der Waals surface area contributed by atoms with E-state index in [4.69, 9.17) is 10.5 Å². The monoisotopic (exact) mass is 258 g/mol. The average molecular weight is 258 g/mol. The quantitative estimate of drug-likeness (QED) is 0.577. The molecule has 1 aliphatic rings. The largest absolute Gasteiger partial charge is 0.396 e. The molecule has 0 radical (unpaired) electrons. The second-order valence-corrected chi connectivity index (χ2v) is 5.08. The fraction of sp³-hybridized carbons (Fsp3) is 0.923. The van der Waals surface area contributed by atoms with E-state index in [9.17, 15) is 9.90 Å². The fourth-order valence-corrected chi connectivity index (χ4v) is 2.48. The second-order valence-electron chi connectivity index (χ2n) is 5.08. The standard InChI is InChI=1S/C13H26N2O3/c1-18-8-4-6-11(14)13(17)15-12-7-3-2-5-10(12)9-16/h10-12,16H,2-9,14H2,1H3,(H,15,17). The first-order valence-electron chi connectivity index (χ1n) is 6.84. The molecule has 0 saturated heterocycles. The molecule has 0 aromatic carbocycles. The van der Waals surface area contributed by atoms with Gasteiger partial charge in [0.05, 0.1) is 6.04 Å². The maximum absolute atomic E-state index is 11.9. The van der Waals surface area contributed by atoms with Gasteiger partial charge in [-0.1, -0.05) is 12.8 Å². The van der Waals surface area contributed by atoms with Gasteiger partial charge < -0.3 is 20.9 Å². The summed E-state index contributed by atoms with van der Waals surface area (Å²) in [6, 6.07) is -0.383. The minimum atomic E-state index is -0.471. The van der Waals surface area contributed by atoms with Crippen molar-refractivity contribution in [1.82, 2.24) is 5.32 Å². The number of hydrogen-bond acceptors (Lipinski definition) is 4.